The third-order valence-electron chi connectivity index (χ3n) is 3.88. The zero-order valence-corrected chi connectivity index (χ0v) is 16.7. The molecular formula is C18H19NO4S3. The van der Waals surface area contributed by atoms with Crippen LogP contribution in [0, 0.1) is 6.92 Å². The predicted octanol–water partition coefficient (Wildman–Crippen LogP) is 3.69. The first kappa shape index (κ1) is 19.1. The number of nitrogens with one attached hydrogen (secondary N) is 1. The molecule has 0 aliphatic heterocycles. The van der Waals surface area contributed by atoms with E-state index in [1.54, 1.807) is 26.2 Å². The zero-order chi connectivity index (χ0) is 18.7. The van der Waals surface area contributed by atoms with Crippen molar-refractivity contribution in [2.45, 2.75) is 24.5 Å². The molecule has 0 fully saturated rings. The summed E-state index contributed by atoms with van der Waals surface area (Å²) in [6.45, 7) is 1.98. The summed E-state index contributed by atoms with van der Waals surface area (Å²) in [5, 5.41) is 12.3. The molecule has 0 saturated heterocycles. The molecule has 5 nitrogen and oxygen atoms in total. The van der Waals surface area contributed by atoms with Crippen molar-refractivity contribution in [2.75, 3.05) is 7.11 Å². The Morgan fingerprint density at radius 1 is 1.19 bits per heavy atom. The van der Waals surface area contributed by atoms with Crippen molar-refractivity contribution < 1.29 is 18.3 Å². The van der Waals surface area contributed by atoms with Crippen LogP contribution in [0.25, 0.3) is 0 Å². The zero-order valence-electron chi connectivity index (χ0n) is 14.3. The van der Waals surface area contributed by atoms with Gasteiger partial charge in [0, 0.05) is 21.2 Å². The fraction of sp³-hybridized carbons (Fsp3) is 0.222. The Labute approximate surface area is 161 Å². The van der Waals surface area contributed by atoms with Gasteiger partial charge < -0.3 is 9.84 Å². The van der Waals surface area contributed by atoms with Crippen LogP contribution in [0.2, 0.25) is 0 Å². The Morgan fingerprint density at radius 3 is 2.65 bits per heavy atom. The molecule has 2 N–H and O–H groups in total. The number of hydrogen-bond donors (Lipinski definition) is 2. The van der Waals surface area contributed by atoms with Gasteiger partial charge in [-0.25, -0.2) is 13.1 Å². The van der Waals surface area contributed by atoms with E-state index in [-0.39, 0.29) is 11.4 Å². The molecule has 1 unspecified atom stereocenters. The molecule has 0 aliphatic rings. The van der Waals surface area contributed by atoms with Gasteiger partial charge in [0.1, 0.15) is 11.9 Å². The second-order valence-electron chi connectivity index (χ2n) is 5.68. The lowest BCUT2D eigenvalue weighted by molar-refractivity contribution is 0.228. The first-order valence-corrected chi connectivity index (χ1v) is 11.0. The van der Waals surface area contributed by atoms with Crippen molar-refractivity contribution in [1.29, 1.82) is 0 Å². The molecule has 138 valence electrons. The van der Waals surface area contributed by atoms with Gasteiger partial charge in [0.15, 0.2) is 0 Å². The lowest BCUT2D eigenvalue weighted by atomic mass is 10.2. The Bertz CT molecular complexity index is 978. The van der Waals surface area contributed by atoms with Crippen molar-refractivity contribution in [1.82, 2.24) is 4.72 Å². The SMILES string of the molecule is COc1ccc(S(=O)(=O)NCc2ccc(C(O)c3cccs3)s2)cc1C. The molecule has 26 heavy (non-hydrogen) atoms. The van der Waals surface area contributed by atoms with Crippen molar-refractivity contribution >= 4 is 32.7 Å². The lowest BCUT2D eigenvalue weighted by Crippen LogP contribution is -2.22. The lowest BCUT2D eigenvalue weighted by Gasteiger charge is -2.09. The molecule has 1 atom stereocenters. The minimum atomic E-state index is -3.62. The molecule has 3 rings (SSSR count). The van der Waals surface area contributed by atoms with E-state index in [0.29, 0.717) is 5.75 Å². The molecule has 0 saturated carbocycles. The minimum absolute atomic E-state index is 0.176. The van der Waals surface area contributed by atoms with Gasteiger partial charge in [0.05, 0.1) is 12.0 Å². The molecule has 2 heterocycles. The second kappa shape index (κ2) is 7.89. The Kier molecular flexibility index (Phi) is 5.79. The Balaban J connectivity index is 1.69. The van der Waals surface area contributed by atoms with Crippen molar-refractivity contribution in [3.05, 3.63) is 68.0 Å². The fourth-order valence-electron chi connectivity index (χ4n) is 2.49. The van der Waals surface area contributed by atoms with Crippen LogP contribution in [0.4, 0.5) is 0 Å². The third-order valence-corrected chi connectivity index (χ3v) is 7.34. The van der Waals surface area contributed by atoms with Gasteiger partial charge in [0.25, 0.3) is 0 Å². The molecule has 0 amide bonds. The summed E-state index contributed by atoms with van der Waals surface area (Å²) < 4.78 is 32.7. The number of sulfonamides is 1. The predicted molar refractivity (Wildman–Crippen MR) is 104 cm³/mol. The quantitative estimate of drug-likeness (QED) is 0.624. The van der Waals surface area contributed by atoms with Crippen LogP contribution >= 0.6 is 22.7 Å². The number of hydrogen-bond acceptors (Lipinski definition) is 6. The molecule has 0 bridgehead atoms. The normalized spacial score (nSPS) is 12.9. The van der Waals surface area contributed by atoms with E-state index in [4.69, 9.17) is 4.74 Å². The largest absolute Gasteiger partial charge is 0.496 e. The van der Waals surface area contributed by atoms with Crippen molar-refractivity contribution in [2.24, 2.45) is 0 Å². The topological polar surface area (TPSA) is 75.6 Å². The smallest absolute Gasteiger partial charge is 0.240 e. The highest BCUT2D eigenvalue weighted by molar-refractivity contribution is 7.89. The minimum Gasteiger partial charge on any atom is -0.496 e. The maximum atomic E-state index is 12.5. The number of aliphatic hydroxyl groups excluding tert-OH is 1. The summed E-state index contributed by atoms with van der Waals surface area (Å²) in [7, 11) is -2.07. The van der Waals surface area contributed by atoms with Gasteiger partial charge >= 0.3 is 0 Å². The van der Waals surface area contributed by atoms with E-state index in [2.05, 4.69) is 4.72 Å². The highest BCUT2D eigenvalue weighted by atomic mass is 32.2. The highest BCUT2D eigenvalue weighted by Gasteiger charge is 2.17. The molecule has 0 aliphatic carbocycles. The first-order chi connectivity index (χ1) is 12.4. The summed E-state index contributed by atoms with van der Waals surface area (Å²) in [6.07, 6.45) is -0.672. The van der Waals surface area contributed by atoms with Gasteiger partial charge in [-0.05, 0) is 54.3 Å². The summed E-state index contributed by atoms with van der Waals surface area (Å²) in [4.78, 5) is 2.70. The van der Waals surface area contributed by atoms with Crippen LogP contribution in [0.15, 0.2) is 52.7 Å². The summed E-state index contributed by atoms with van der Waals surface area (Å²) in [5.74, 6) is 0.648. The summed E-state index contributed by atoms with van der Waals surface area (Å²) in [5.41, 5.74) is 0.757. The van der Waals surface area contributed by atoms with Gasteiger partial charge in [0.2, 0.25) is 10.0 Å². The molecule has 8 heteroatoms. The third kappa shape index (κ3) is 4.16. The van der Waals surface area contributed by atoms with Crippen LogP contribution in [-0.4, -0.2) is 20.6 Å². The number of benzene rings is 1. The van der Waals surface area contributed by atoms with Crippen LogP contribution in [0.1, 0.15) is 26.3 Å². The van der Waals surface area contributed by atoms with E-state index < -0.39 is 16.1 Å². The molecular weight excluding hydrogens is 390 g/mol. The van der Waals surface area contributed by atoms with Gasteiger partial charge in [-0.3, -0.25) is 0 Å². The van der Waals surface area contributed by atoms with Gasteiger partial charge in [-0.1, -0.05) is 6.07 Å². The molecule has 0 radical (unpaired) electrons. The number of rotatable bonds is 7. The number of ether oxygens (including phenoxy) is 1. The van der Waals surface area contributed by atoms with E-state index in [9.17, 15) is 13.5 Å². The summed E-state index contributed by atoms with van der Waals surface area (Å²) in [6, 6.07) is 12.2. The molecule has 1 aromatic carbocycles. The number of aryl methyl sites for hydroxylation is 1. The fourth-order valence-corrected chi connectivity index (χ4v) is 5.43. The summed E-state index contributed by atoms with van der Waals surface area (Å²) >= 11 is 2.88. The molecule has 0 spiro atoms. The number of aliphatic hydroxyl groups is 1. The number of thiophene rings is 2. The first-order valence-electron chi connectivity index (χ1n) is 7.85. The second-order valence-corrected chi connectivity index (χ2v) is 9.62. The average Bonchev–Trinajstić information content (AvgIpc) is 3.31. The van der Waals surface area contributed by atoms with E-state index in [0.717, 1.165) is 20.2 Å². The van der Waals surface area contributed by atoms with Crippen molar-refractivity contribution in [3.63, 3.8) is 0 Å². The number of methoxy groups -OCH3 is 1. The maximum absolute atomic E-state index is 12.5. The molecule has 3 aromatic rings. The highest BCUT2D eigenvalue weighted by Crippen LogP contribution is 2.31. The maximum Gasteiger partial charge on any atom is 0.240 e. The van der Waals surface area contributed by atoms with Crippen molar-refractivity contribution in [3.8, 4) is 5.75 Å². The molecule has 2 aromatic heterocycles. The Morgan fingerprint density at radius 2 is 2.00 bits per heavy atom. The van der Waals surface area contributed by atoms with Crippen LogP contribution < -0.4 is 9.46 Å². The Hall–Kier alpha value is -1.71. The van der Waals surface area contributed by atoms with Crippen LogP contribution in [-0.2, 0) is 16.6 Å². The monoisotopic (exact) mass is 409 g/mol. The standard InChI is InChI=1S/C18H19NO4S3/c1-12-10-14(6-7-15(12)23-2)26(21,22)19-11-13-5-8-17(25-13)18(20)16-4-3-9-24-16/h3-10,18-20H,11H2,1-2H3. The van der Waals surface area contributed by atoms with Gasteiger partial charge in [-0.15, -0.1) is 22.7 Å². The van der Waals surface area contributed by atoms with E-state index >= 15 is 0 Å². The average molecular weight is 410 g/mol. The van der Waals surface area contributed by atoms with Crippen LogP contribution in [0.3, 0.4) is 0 Å². The van der Waals surface area contributed by atoms with Gasteiger partial charge in [-0.2, -0.15) is 0 Å². The van der Waals surface area contributed by atoms with E-state index in [1.165, 1.54) is 28.7 Å². The van der Waals surface area contributed by atoms with Crippen LogP contribution in [0.5, 0.6) is 5.75 Å². The van der Waals surface area contributed by atoms with E-state index in [1.807, 2.05) is 29.6 Å².